The van der Waals surface area contributed by atoms with E-state index in [1.54, 1.807) is 0 Å². The van der Waals surface area contributed by atoms with Gasteiger partial charge in [0, 0.05) is 39.3 Å². The third-order valence-electron chi connectivity index (χ3n) is 4.38. The lowest BCUT2D eigenvalue weighted by Crippen LogP contribution is -2.45. The maximum atomic E-state index is 4.34. The highest BCUT2D eigenvalue weighted by Gasteiger charge is 2.11. The van der Waals surface area contributed by atoms with E-state index in [1.165, 1.54) is 58.3 Å². The molecule has 0 aromatic heterocycles. The van der Waals surface area contributed by atoms with Gasteiger partial charge in [0.1, 0.15) is 0 Å². The van der Waals surface area contributed by atoms with Gasteiger partial charge in [0.25, 0.3) is 0 Å². The van der Waals surface area contributed by atoms with Gasteiger partial charge in [-0.05, 0) is 39.9 Å². The lowest BCUT2D eigenvalue weighted by molar-refractivity contribution is 0.279. The fraction of sp³-hybridized carbons (Fsp3) is 0.941. The number of hydrogen-bond acceptors (Lipinski definition) is 3. The Morgan fingerprint density at radius 2 is 2.00 bits per heavy atom. The highest BCUT2D eigenvalue weighted by atomic mass is 15.2. The summed E-state index contributed by atoms with van der Waals surface area (Å²) in [5.74, 6) is 0.941. The zero-order chi connectivity index (χ0) is 16.2. The summed E-state index contributed by atoms with van der Waals surface area (Å²) in [5, 5.41) is 6.95. The van der Waals surface area contributed by atoms with Gasteiger partial charge < -0.3 is 20.4 Å². The molecule has 0 aromatic rings. The van der Waals surface area contributed by atoms with Gasteiger partial charge in [-0.15, -0.1) is 0 Å². The SMILES string of the molecule is CCCCCC(C)NC(=NC)NCCN1CCCN(C)CC1. The van der Waals surface area contributed by atoms with Crippen LogP contribution in [0.4, 0.5) is 0 Å². The lowest BCUT2D eigenvalue weighted by atomic mass is 10.1. The quantitative estimate of drug-likeness (QED) is 0.407. The van der Waals surface area contributed by atoms with E-state index in [-0.39, 0.29) is 0 Å². The summed E-state index contributed by atoms with van der Waals surface area (Å²) in [6.45, 7) is 11.4. The summed E-state index contributed by atoms with van der Waals surface area (Å²) in [6.07, 6.45) is 6.39. The Kier molecular flexibility index (Phi) is 10.2. The molecule has 5 nitrogen and oxygen atoms in total. The third-order valence-corrected chi connectivity index (χ3v) is 4.38. The van der Waals surface area contributed by atoms with Crippen molar-refractivity contribution in [2.75, 3.05) is 53.4 Å². The van der Waals surface area contributed by atoms with Crippen molar-refractivity contribution < 1.29 is 0 Å². The van der Waals surface area contributed by atoms with Gasteiger partial charge in [0.2, 0.25) is 0 Å². The third kappa shape index (κ3) is 8.59. The molecule has 5 heteroatoms. The normalized spacial score (nSPS) is 19.7. The van der Waals surface area contributed by atoms with Crippen LogP contribution in [-0.2, 0) is 0 Å². The first-order valence-electron chi connectivity index (χ1n) is 9.03. The van der Waals surface area contributed by atoms with E-state index in [2.05, 4.69) is 46.3 Å². The second-order valence-electron chi connectivity index (χ2n) is 6.54. The molecule has 2 N–H and O–H groups in total. The second kappa shape index (κ2) is 11.7. The maximum Gasteiger partial charge on any atom is 0.191 e. The lowest BCUT2D eigenvalue weighted by Gasteiger charge is -2.22. The topological polar surface area (TPSA) is 42.9 Å². The largest absolute Gasteiger partial charge is 0.355 e. The first kappa shape index (κ1) is 19.2. The fourth-order valence-corrected chi connectivity index (χ4v) is 2.86. The molecule has 0 amide bonds. The number of guanidine groups is 1. The first-order chi connectivity index (χ1) is 10.7. The Morgan fingerprint density at radius 3 is 2.73 bits per heavy atom. The summed E-state index contributed by atoms with van der Waals surface area (Å²) in [5.41, 5.74) is 0. The van der Waals surface area contributed by atoms with Crippen LogP contribution in [0.3, 0.4) is 0 Å². The molecule has 1 unspecified atom stereocenters. The fourth-order valence-electron chi connectivity index (χ4n) is 2.86. The highest BCUT2D eigenvalue weighted by molar-refractivity contribution is 5.79. The molecule has 1 rings (SSSR count). The Morgan fingerprint density at radius 1 is 1.18 bits per heavy atom. The zero-order valence-corrected chi connectivity index (χ0v) is 15.2. The van der Waals surface area contributed by atoms with Crippen molar-refractivity contribution in [3.8, 4) is 0 Å². The molecule has 1 aliphatic rings. The molecule has 0 bridgehead atoms. The minimum atomic E-state index is 0.490. The van der Waals surface area contributed by atoms with Crippen molar-refractivity contribution in [2.45, 2.75) is 52.0 Å². The smallest absolute Gasteiger partial charge is 0.191 e. The van der Waals surface area contributed by atoms with E-state index < -0.39 is 0 Å². The average Bonchev–Trinajstić information content (AvgIpc) is 2.71. The van der Waals surface area contributed by atoms with Crippen LogP contribution in [0.25, 0.3) is 0 Å². The van der Waals surface area contributed by atoms with Gasteiger partial charge in [-0.2, -0.15) is 0 Å². The van der Waals surface area contributed by atoms with E-state index in [4.69, 9.17) is 0 Å². The number of likely N-dealkylation sites (N-methyl/N-ethyl adjacent to an activating group) is 1. The van der Waals surface area contributed by atoms with Gasteiger partial charge in [-0.25, -0.2) is 0 Å². The number of nitrogens with one attached hydrogen (secondary N) is 2. The monoisotopic (exact) mass is 311 g/mol. The average molecular weight is 312 g/mol. The van der Waals surface area contributed by atoms with Crippen LogP contribution in [-0.4, -0.2) is 75.2 Å². The van der Waals surface area contributed by atoms with E-state index in [0.29, 0.717) is 6.04 Å². The predicted octanol–water partition coefficient (Wildman–Crippen LogP) is 1.76. The van der Waals surface area contributed by atoms with Crippen molar-refractivity contribution in [1.29, 1.82) is 0 Å². The summed E-state index contributed by atoms with van der Waals surface area (Å²) >= 11 is 0. The molecule has 1 fully saturated rings. The molecule has 0 radical (unpaired) electrons. The van der Waals surface area contributed by atoms with Gasteiger partial charge >= 0.3 is 0 Å². The highest BCUT2D eigenvalue weighted by Crippen LogP contribution is 2.02. The van der Waals surface area contributed by atoms with Crippen LogP contribution in [0.15, 0.2) is 4.99 Å². The van der Waals surface area contributed by atoms with Crippen molar-refractivity contribution in [3.05, 3.63) is 0 Å². The number of unbranched alkanes of at least 4 members (excludes halogenated alkanes) is 2. The molecule has 1 aliphatic heterocycles. The predicted molar refractivity (Wildman–Crippen MR) is 96.7 cm³/mol. The van der Waals surface area contributed by atoms with Crippen LogP contribution in [0.1, 0.15) is 46.0 Å². The minimum Gasteiger partial charge on any atom is -0.355 e. The van der Waals surface area contributed by atoms with E-state index in [9.17, 15) is 0 Å². The molecule has 1 atom stereocenters. The van der Waals surface area contributed by atoms with Gasteiger partial charge in [0.15, 0.2) is 5.96 Å². The molecule has 0 saturated carbocycles. The van der Waals surface area contributed by atoms with E-state index >= 15 is 0 Å². The second-order valence-corrected chi connectivity index (χ2v) is 6.54. The number of rotatable bonds is 8. The molecule has 130 valence electrons. The molecule has 0 aliphatic carbocycles. The Balaban J connectivity index is 2.17. The van der Waals surface area contributed by atoms with E-state index in [1.807, 2.05) is 7.05 Å². The summed E-state index contributed by atoms with van der Waals surface area (Å²) in [7, 11) is 4.07. The zero-order valence-electron chi connectivity index (χ0n) is 15.2. The molecule has 0 aromatic carbocycles. The molecule has 1 heterocycles. The van der Waals surface area contributed by atoms with Gasteiger partial charge in [-0.3, -0.25) is 4.99 Å². The van der Waals surface area contributed by atoms with Crippen molar-refractivity contribution in [1.82, 2.24) is 20.4 Å². The van der Waals surface area contributed by atoms with Crippen LogP contribution < -0.4 is 10.6 Å². The Bertz CT molecular complexity index is 305. The summed E-state index contributed by atoms with van der Waals surface area (Å²) in [4.78, 5) is 9.31. The molecule has 22 heavy (non-hydrogen) atoms. The Labute approximate surface area is 137 Å². The van der Waals surface area contributed by atoms with Crippen LogP contribution in [0, 0.1) is 0 Å². The number of aliphatic imine (C=N–C) groups is 1. The molecule has 0 spiro atoms. The van der Waals surface area contributed by atoms with Crippen LogP contribution >= 0.6 is 0 Å². The van der Waals surface area contributed by atoms with Crippen molar-refractivity contribution >= 4 is 5.96 Å². The number of nitrogens with zero attached hydrogens (tertiary/aromatic N) is 3. The van der Waals surface area contributed by atoms with Crippen molar-refractivity contribution in [3.63, 3.8) is 0 Å². The Hall–Kier alpha value is -0.810. The summed E-state index contributed by atoms with van der Waals surface area (Å²) < 4.78 is 0. The first-order valence-corrected chi connectivity index (χ1v) is 9.03. The summed E-state index contributed by atoms with van der Waals surface area (Å²) in [6, 6.07) is 0.490. The van der Waals surface area contributed by atoms with E-state index in [0.717, 1.165) is 19.0 Å². The maximum absolute atomic E-state index is 4.34. The molecular formula is C17H37N5. The van der Waals surface area contributed by atoms with Crippen LogP contribution in [0.5, 0.6) is 0 Å². The van der Waals surface area contributed by atoms with Crippen molar-refractivity contribution in [2.24, 2.45) is 4.99 Å². The standard InChI is InChI=1S/C17H37N5/c1-5-6-7-9-16(2)20-17(18-3)19-10-13-22-12-8-11-21(4)14-15-22/h16H,5-15H2,1-4H3,(H2,18,19,20). The van der Waals surface area contributed by atoms with Gasteiger partial charge in [0.05, 0.1) is 0 Å². The number of hydrogen-bond donors (Lipinski definition) is 2. The molecule has 1 saturated heterocycles. The molecular weight excluding hydrogens is 274 g/mol. The van der Waals surface area contributed by atoms with Gasteiger partial charge in [-0.1, -0.05) is 26.2 Å². The minimum absolute atomic E-state index is 0.490. The van der Waals surface area contributed by atoms with Crippen LogP contribution in [0.2, 0.25) is 0 Å².